The van der Waals surface area contributed by atoms with E-state index in [1.807, 2.05) is 19.1 Å². The van der Waals surface area contributed by atoms with Crippen LogP contribution in [0.3, 0.4) is 0 Å². The van der Waals surface area contributed by atoms with Crippen LogP contribution in [-0.2, 0) is 16.0 Å². The minimum Gasteiger partial charge on any atom is -0.481 e. The fourth-order valence-corrected chi connectivity index (χ4v) is 2.81. The Morgan fingerprint density at radius 1 is 1.38 bits per heavy atom. The molecule has 0 aliphatic rings. The van der Waals surface area contributed by atoms with E-state index in [-0.39, 0.29) is 12.5 Å². The molecule has 118 valence electrons. The molecule has 1 aromatic rings. The first-order chi connectivity index (χ1) is 9.65. The summed E-state index contributed by atoms with van der Waals surface area (Å²) in [5.41, 5.74) is -0.569. The molecule has 1 heterocycles. The first-order valence-corrected chi connectivity index (χ1v) is 7.74. The SMILES string of the molecule is Cc1ccc(CC(CCC(=O)O)NC(=O)OC(C)(C)C)s1. The van der Waals surface area contributed by atoms with Crippen molar-refractivity contribution in [2.24, 2.45) is 0 Å². The van der Waals surface area contributed by atoms with E-state index in [9.17, 15) is 9.59 Å². The van der Waals surface area contributed by atoms with Gasteiger partial charge in [-0.3, -0.25) is 4.79 Å². The Kier molecular flexibility index (Phi) is 6.20. The van der Waals surface area contributed by atoms with Crippen molar-refractivity contribution < 1.29 is 19.4 Å². The summed E-state index contributed by atoms with van der Waals surface area (Å²) in [5.74, 6) is -0.867. The molecule has 0 saturated carbocycles. The van der Waals surface area contributed by atoms with Crippen LogP contribution in [0.5, 0.6) is 0 Å². The third-order valence-electron chi connectivity index (χ3n) is 2.67. The number of aryl methyl sites for hydroxylation is 1. The second kappa shape index (κ2) is 7.45. The second-order valence-corrected chi connectivity index (χ2v) is 7.36. The van der Waals surface area contributed by atoms with Gasteiger partial charge < -0.3 is 15.2 Å². The third-order valence-corrected chi connectivity index (χ3v) is 3.69. The first-order valence-electron chi connectivity index (χ1n) is 6.92. The molecule has 0 aromatic carbocycles. The predicted molar refractivity (Wildman–Crippen MR) is 82.8 cm³/mol. The van der Waals surface area contributed by atoms with Crippen LogP contribution in [0.15, 0.2) is 12.1 Å². The summed E-state index contributed by atoms with van der Waals surface area (Å²) >= 11 is 1.65. The maximum atomic E-state index is 11.8. The lowest BCUT2D eigenvalue weighted by Crippen LogP contribution is -2.40. The maximum absolute atomic E-state index is 11.8. The van der Waals surface area contributed by atoms with Crippen LogP contribution in [0.2, 0.25) is 0 Å². The summed E-state index contributed by atoms with van der Waals surface area (Å²) in [5, 5.41) is 11.6. The zero-order valence-corrected chi connectivity index (χ0v) is 13.8. The highest BCUT2D eigenvalue weighted by molar-refractivity contribution is 7.11. The summed E-state index contributed by atoms with van der Waals surface area (Å²) in [6.07, 6.45) is 0.507. The van der Waals surface area contributed by atoms with Crippen molar-refractivity contribution in [1.29, 1.82) is 0 Å². The van der Waals surface area contributed by atoms with E-state index in [1.54, 1.807) is 32.1 Å². The van der Waals surface area contributed by atoms with Crippen molar-refractivity contribution in [2.75, 3.05) is 0 Å². The Bertz CT molecular complexity index is 490. The number of rotatable bonds is 6. The van der Waals surface area contributed by atoms with Crippen LogP contribution in [0.25, 0.3) is 0 Å². The van der Waals surface area contributed by atoms with Crippen molar-refractivity contribution in [3.05, 3.63) is 21.9 Å². The van der Waals surface area contributed by atoms with Crippen LogP contribution < -0.4 is 5.32 Å². The van der Waals surface area contributed by atoms with Crippen LogP contribution in [0.4, 0.5) is 4.79 Å². The molecular formula is C15H23NO4S. The molecule has 5 nitrogen and oxygen atoms in total. The number of carbonyl (C=O) groups excluding carboxylic acids is 1. The fourth-order valence-electron chi connectivity index (χ4n) is 1.83. The number of alkyl carbamates (subject to hydrolysis) is 1. The monoisotopic (exact) mass is 313 g/mol. The summed E-state index contributed by atoms with van der Waals surface area (Å²) < 4.78 is 5.22. The normalized spacial score (nSPS) is 12.8. The van der Waals surface area contributed by atoms with Gasteiger partial charge in [-0.05, 0) is 46.2 Å². The van der Waals surface area contributed by atoms with E-state index >= 15 is 0 Å². The number of thiophene rings is 1. The number of nitrogens with one attached hydrogen (secondary N) is 1. The topological polar surface area (TPSA) is 75.6 Å². The molecule has 1 unspecified atom stereocenters. The van der Waals surface area contributed by atoms with Gasteiger partial charge in [0.15, 0.2) is 0 Å². The quantitative estimate of drug-likeness (QED) is 0.844. The van der Waals surface area contributed by atoms with Crippen molar-refractivity contribution in [1.82, 2.24) is 5.32 Å². The number of carbonyl (C=O) groups is 2. The fraction of sp³-hybridized carbons (Fsp3) is 0.600. The average Bonchev–Trinajstić information content (AvgIpc) is 2.69. The minimum atomic E-state index is -0.867. The van der Waals surface area contributed by atoms with Gasteiger partial charge in [0.25, 0.3) is 0 Å². The van der Waals surface area contributed by atoms with Crippen molar-refractivity contribution in [2.45, 2.75) is 58.6 Å². The minimum absolute atomic E-state index is 0.0187. The molecule has 1 rings (SSSR count). The molecule has 2 N–H and O–H groups in total. The van der Waals surface area contributed by atoms with E-state index in [2.05, 4.69) is 5.32 Å². The van der Waals surface area contributed by atoms with Gasteiger partial charge in [-0.1, -0.05) is 0 Å². The first kappa shape index (κ1) is 17.5. The maximum Gasteiger partial charge on any atom is 0.407 e. The summed E-state index contributed by atoms with van der Waals surface area (Å²) in [6, 6.07) is 3.78. The van der Waals surface area contributed by atoms with E-state index in [0.717, 1.165) is 4.88 Å². The Balaban J connectivity index is 2.63. The molecule has 0 aliphatic carbocycles. The number of amides is 1. The van der Waals surface area contributed by atoms with Gasteiger partial charge in [-0.2, -0.15) is 0 Å². The number of carboxylic acids is 1. The zero-order valence-electron chi connectivity index (χ0n) is 12.9. The van der Waals surface area contributed by atoms with Crippen molar-refractivity contribution in [3.63, 3.8) is 0 Å². The van der Waals surface area contributed by atoms with Gasteiger partial charge in [-0.15, -0.1) is 11.3 Å². The third kappa shape index (κ3) is 7.70. The van der Waals surface area contributed by atoms with Gasteiger partial charge in [0.1, 0.15) is 5.60 Å². The highest BCUT2D eigenvalue weighted by atomic mass is 32.1. The van der Waals surface area contributed by atoms with E-state index < -0.39 is 17.7 Å². The Hall–Kier alpha value is -1.56. The molecule has 21 heavy (non-hydrogen) atoms. The van der Waals surface area contributed by atoms with Crippen LogP contribution in [-0.4, -0.2) is 28.8 Å². The van der Waals surface area contributed by atoms with Gasteiger partial charge in [0.2, 0.25) is 0 Å². The molecule has 1 atom stereocenters. The van der Waals surface area contributed by atoms with Crippen molar-refractivity contribution >= 4 is 23.4 Å². The molecule has 0 spiro atoms. The second-order valence-electron chi connectivity index (χ2n) is 5.99. The molecular weight excluding hydrogens is 290 g/mol. The van der Waals surface area contributed by atoms with Gasteiger partial charge in [0, 0.05) is 28.6 Å². The lowest BCUT2D eigenvalue weighted by molar-refractivity contribution is -0.137. The number of carboxylic acid groups (broad SMARTS) is 1. The lowest BCUT2D eigenvalue weighted by atomic mass is 10.1. The van der Waals surface area contributed by atoms with Gasteiger partial charge in [-0.25, -0.2) is 4.79 Å². The lowest BCUT2D eigenvalue weighted by Gasteiger charge is -2.23. The van der Waals surface area contributed by atoms with Crippen molar-refractivity contribution in [3.8, 4) is 0 Å². The van der Waals surface area contributed by atoms with E-state index in [4.69, 9.17) is 9.84 Å². The van der Waals surface area contributed by atoms with E-state index in [1.165, 1.54) is 4.88 Å². The highest BCUT2D eigenvalue weighted by Gasteiger charge is 2.20. The van der Waals surface area contributed by atoms with Crippen LogP contribution in [0, 0.1) is 6.92 Å². The number of hydrogen-bond acceptors (Lipinski definition) is 4. The Labute approximate surface area is 129 Å². The zero-order chi connectivity index (χ0) is 16.0. The molecule has 0 fully saturated rings. The average molecular weight is 313 g/mol. The predicted octanol–water partition coefficient (Wildman–Crippen LogP) is 3.36. The number of aliphatic carboxylic acids is 1. The molecule has 0 bridgehead atoms. The Morgan fingerprint density at radius 2 is 2.05 bits per heavy atom. The van der Waals surface area contributed by atoms with Gasteiger partial charge >= 0.3 is 12.1 Å². The number of ether oxygens (including phenoxy) is 1. The smallest absolute Gasteiger partial charge is 0.407 e. The summed E-state index contributed by atoms with van der Waals surface area (Å²) in [6.45, 7) is 7.39. The summed E-state index contributed by atoms with van der Waals surface area (Å²) in [4.78, 5) is 24.9. The molecule has 0 aliphatic heterocycles. The van der Waals surface area contributed by atoms with E-state index in [0.29, 0.717) is 12.8 Å². The summed E-state index contributed by atoms with van der Waals surface area (Å²) in [7, 11) is 0. The molecule has 1 aromatic heterocycles. The standard InChI is InChI=1S/C15H23NO4S/c1-10-5-7-12(21-10)9-11(6-8-13(17)18)16-14(19)20-15(2,3)4/h5,7,11H,6,8-9H2,1-4H3,(H,16,19)(H,17,18). The largest absolute Gasteiger partial charge is 0.481 e. The molecule has 6 heteroatoms. The molecule has 1 amide bonds. The van der Waals surface area contributed by atoms with Crippen LogP contribution >= 0.6 is 11.3 Å². The highest BCUT2D eigenvalue weighted by Crippen LogP contribution is 2.18. The Morgan fingerprint density at radius 3 is 2.52 bits per heavy atom. The number of hydrogen-bond donors (Lipinski definition) is 2. The van der Waals surface area contributed by atoms with Gasteiger partial charge in [0.05, 0.1) is 0 Å². The van der Waals surface area contributed by atoms with Crippen LogP contribution in [0.1, 0.15) is 43.4 Å². The molecule has 0 saturated heterocycles. The molecule has 0 radical (unpaired) electrons.